The molecule has 1 fully saturated rings. The molecular formula is C19H27B2NO. The van der Waals surface area contributed by atoms with Crippen molar-refractivity contribution in [3.05, 3.63) is 29.3 Å². The van der Waals surface area contributed by atoms with Crippen LogP contribution < -0.4 is 4.74 Å². The van der Waals surface area contributed by atoms with Gasteiger partial charge < -0.3 is 9.64 Å². The zero-order chi connectivity index (χ0) is 16.6. The van der Waals surface area contributed by atoms with E-state index in [4.69, 9.17) is 20.4 Å². The highest BCUT2D eigenvalue weighted by molar-refractivity contribution is 6.35. The fourth-order valence-electron chi connectivity index (χ4n) is 5.13. The van der Waals surface area contributed by atoms with Gasteiger partial charge in [0.15, 0.2) is 0 Å². The van der Waals surface area contributed by atoms with Crippen molar-refractivity contribution < 1.29 is 4.74 Å². The lowest BCUT2D eigenvalue weighted by Crippen LogP contribution is -2.56. The molecule has 2 aliphatic rings. The van der Waals surface area contributed by atoms with E-state index in [0.29, 0.717) is 12.0 Å². The van der Waals surface area contributed by atoms with Crippen LogP contribution >= 0.6 is 0 Å². The smallest absolute Gasteiger partial charge is 0.119 e. The fraction of sp³-hybridized carbons (Fsp3) is 0.684. The summed E-state index contributed by atoms with van der Waals surface area (Å²) in [5.74, 6) is 1.21. The quantitative estimate of drug-likeness (QED) is 0.793. The number of likely N-dealkylation sites (N-methyl/N-ethyl adjacent to an activating group) is 1. The second-order valence-electron chi connectivity index (χ2n) is 7.31. The van der Waals surface area contributed by atoms with Gasteiger partial charge in [-0.1, -0.05) is 31.7 Å². The molecule has 1 aromatic rings. The van der Waals surface area contributed by atoms with Crippen molar-refractivity contribution in [1.82, 2.24) is 4.90 Å². The lowest BCUT2D eigenvalue weighted by atomic mass is 9.54. The van der Waals surface area contributed by atoms with Gasteiger partial charge in [0.05, 0.1) is 22.8 Å². The Morgan fingerprint density at radius 3 is 2.78 bits per heavy atom. The monoisotopic (exact) mass is 307 g/mol. The molecule has 1 aromatic carbocycles. The molecule has 3 rings (SSSR count). The van der Waals surface area contributed by atoms with Crippen LogP contribution in [0.4, 0.5) is 0 Å². The van der Waals surface area contributed by atoms with Crippen molar-refractivity contribution in [3.8, 4) is 5.75 Å². The van der Waals surface area contributed by atoms with E-state index in [1.807, 2.05) is 0 Å². The average molecular weight is 307 g/mol. The van der Waals surface area contributed by atoms with Gasteiger partial charge in [0.1, 0.15) is 5.75 Å². The van der Waals surface area contributed by atoms with Gasteiger partial charge >= 0.3 is 0 Å². The molecule has 0 aliphatic heterocycles. The van der Waals surface area contributed by atoms with Gasteiger partial charge in [-0.2, -0.15) is 0 Å². The first kappa shape index (κ1) is 16.9. The number of nitrogens with zero attached hydrogens (tertiary/aromatic N) is 1. The Kier molecular flexibility index (Phi) is 4.82. The number of methoxy groups -OCH3 is 1. The maximum absolute atomic E-state index is 6.02. The topological polar surface area (TPSA) is 12.5 Å². The first-order valence-corrected chi connectivity index (χ1v) is 8.94. The number of ether oxygens (including phenoxy) is 1. The molecule has 0 bridgehead atoms. The predicted octanol–water partition coefficient (Wildman–Crippen LogP) is 3.01. The maximum Gasteiger partial charge on any atom is 0.119 e. The SMILES string of the molecule is [B]C([B])N(C)[C@H]1Cc2ccc(OC)cc2[C@]2(CC)CCCCC12. The van der Waals surface area contributed by atoms with Crippen LogP contribution in [0.15, 0.2) is 18.2 Å². The summed E-state index contributed by atoms with van der Waals surface area (Å²) >= 11 is 0. The molecule has 2 nitrogen and oxygen atoms in total. The van der Waals surface area contributed by atoms with Gasteiger partial charge in [-0.05, 0) is 67.3 Å². The number of fused-ring (bicyclic) bond motifs is 3. The first-order chi connectivity index (χ1) is 11.0. The molecule has 3 atom stereocenters. The number of rotatable bonds is 4. The van der Waals surface area contributed by atoms with Gasteiger partial charge in [-0.3, -0.25) is 0 Å². The average Bonchev–Trinajstić information content (AvgIpc) is 2.59. The summed E-state index contributed by atoms with van der Waals surface area (Å²) < 4.78 is 5.51. The van der Waals surface area contributed by atoms with E-state index < -0.39 is 5.84 Å². The molecular weight excluding hydrogens is 280 g/mol. The second kappa shape index (κ2) is 6.55. The summed E-state index contributed by atoms with van der Waals surface area (Å²) in [6, 6.07) is 7.05. The summed E-state index contributed by atoms with van der Waals surface area (Å²) in [6.07, 6.45) is 7.36. The van der Waals surface area contributed by atoms with Gasteiger partial charge in [0.2, 0.25) is 0 Å². The molecule has 0 saturated heterocycles. The molecule has 23 heavy (non-hydrogen) atoms. The molecule has 2 aliphatic carbocycles. The molecule has 0 spiro atoms. The molecule has 0 aromatic heterocycles. The van der Waals surface area contributed by atoms with Crippen molar-refractivity contribution in [1.29, 1.82) is 0 Å². The van der Waals surface area contributed by atoms with E-state index in [0.717, 1.165) is 12.2 Å². The molecule has 4 heteroatoms. The van der Waals surface area contributed by atoms with Crippen molar-refractivity contribution in [2.75, 3.05) is 14.2 Å². The second-order valence-corrected chi connectivity index (χ2v) is 7.31. The summed E-state index contributed by atoms with van der Waals surface area (Å²) in [7, 11) is 15.9. The molecule has 0 N–H and O–H groups in total. The van der Waals surface area contributed by atoms with E-state index in [2.05, 4.69) is 37.1 Å². The van der Waals surface area contributed by atoms with Crippen molar-refractivity contribution >= 4 is 15.7 Å². The van der Waals surface area contributed by atoms with Crippen LogP contribution in [0.5, 0.6) is 5.75 Å². The third-order valence-electron chi connectivity index (χ3n) is 6.47. The Balaban J connectivity index is 2.11. The van der Waals surface area contributed by atoms with Gasteiger partial charge in [0, 0.05) is 6.04 Å². The Morgan fingerprint density at radius 1 is 1.35 bits per heavy atom. The third-order valence-corrected chi connectivity index (χ3v) is 6.47. The standard InChI is InChI=1S/C19H27B2NO/c1-4-19-10-6-5-7-15(19)17(22(2)18(20)21)11-13-8-9-14(23-3)12-16(13)19/h8-9,12,15,17-18H,4-7,10-11H2,1-3H3/t15?,17-,19+/m0/s1. The van der Waals surface area contributed by atoms with E-state index in [-0.39, 0.29) is 5.41 Å². The molecule has 4 radical (unpaired) electrons. The van der Waals surface area contributed by atoms with Gasteiger partial charge in [-0.25, -0.2) is 0 Å². The molecule has 0 heterocycles. The van der Waals surface area contributed by atoms with E-state index in [1.165, 1.54) is 43.2 Å². The van der Waals surface area contributed by atoms with Crippen LogP contribution in [0.2, 0.25) is 0 Å². The summed E-state index contributed by atoms with van der Waals surface area (Å²) in [5.41, 5.74) is 3.20. The van der Waals surface area contributed by atoms with Crippen LogP contribution in [0.25, 0.3) is 0 Å². The molecule has 1 unspecified atom stereocenters. The summed E-state index contributed by atoms with van der Waals surface area (Å²) in [4.78, 5) is 2.19. The fourth-order valence-corrected chi connectivity index (χ4v) is 5.13. The number of benzene rings is 1. The highest BCUT2D eigenvalue weighted by Crippen LogP contribution is 2.53. The number of hydrogen-bond donors (Lipinski definition) is 0. The Bertz CT molecular complexity index is 562. The number of hydrogen-bond acceptors (Lipinski definition) is 2. The zero-order valence-corrected chi connectivity index (χ0v) is 14.7. The van der Waals surface area contributed by atoms with Crippen LogP contribution in [0, 0.1) is 5.92 Å². The lowest BCUT2D eigenvalue weighted by molar-refractivity contribution is 0.0594. The van der Waals surface area contributed by atoms with Crippen LogP contribution in [0.1, 0.15) is 50.2 Å². The zero-order valence-electron chi connectivity index (χ0n) is 14.7. The predicted molar refractivity (Wildman–Crippen MR) is 97.5 cm³/mol. The Hall–Kier alpha value is -0.890. The highest BCUT2D eigenvalue weighted by atomic mass is 16.5. The Morgan fingerprint density at radius 2 is 2.13 bits per heavy atom. The minimum atomic E-state index is -0.392. The molecule has 120 valence electrons. The van der Waals surface area contributed by atoms with Crippen molar-refractivity contribution in [2.24, 2.45) is 5.92 Å². The van der Waals surface area contributed by atoms with E-state index in [1.54, 1.807) is 7.11 Å². The molecule has 0 amide bonds. The maximum atomic E-state index is 6.02. The largest absolute Gasteiger partial charge is 0.497 e. The third kappa shape index (κ3) is 2.73. The van der Waals surface area contributed by atoms with E-state index in [9.17, 15) is 0 Å². The summed E-state index contributed by atoms with van der Waals surface area (Å²) in [5, 5.41) is 0. The van der Waals surface area contributed by atoms with Crippen LogP contribution in [-0.2, 0) is 11.8 Å². The highest BCUT2D eigenvalue weighted by Gasteiger charge is 2.49. The molecule has 1 saturated carbocycles. The van der Waals surface area contributed by atoms with Gasteiger partial charge in [0.25, 0.3) is 0 Å². The lowest BCUT2D eigenvalue weighted by Gasteiger charge is -2.55. The van der Waals surface area contributed by atoms with E-state index >= 15 is 0 Å². The van der Waals surface area contributed by atoms with Gasteiger partial charge in [-0.15, -0.1) is 0 Å². The normalized spacial score (nSPS) is 30.1. The van der Waals surface area contributed by atoms with Crippen molar-refractivity contribution in [3.63, 3.8) is 0 Å². The minimum Gasteiger partial charge on any atom is -0.497 e. The summed E-state index contributed by atoms with van der Waals surface area (Å²) in [6.45, 7) is 2.34. The van der Waals surface area contributed by atoms with Crippen molar-refractivity contribution in [2.45, 2.75) is 62.7 Å². The van der Waals surface area contributed by atoms with Crippen LogP contribution in [-0.4, -0.2) is 46.6 Å². The minimum absolute atomic E-state index is 0.244. The Labute approximate surface area is 143 Å². The van der Waals surface area contributed by atoms with Crippen LogP contribution in [0.3, 0.4) is 0 Å². The first-order valence-electron chi connectivity index (χ1n) is 8.94.